The molecule has 4 bridgehead atoms. The van der Waals surface area contributed by atoms with E-state index in [1.165, 1.54) is 0 Å². The molecule has 138 valence electrons. The van der Waals surface area contributed by atoms with E-state index < -0.39 is 11.5 Å². The number of fused-ring (bicyclic) bond motifs is 2. The fraction of sp³-hybridized carbons (Fsp3) is 0.857. The highest BCUT2D eigenvalue weighted by molar-refractivity contribution is 6.02. The SMILES string of the molecule is C=C1C(=O)[C@]23CC[C@H]1CC2[C@@]12CCC[C@@](C)(COC1)C2[C@H](CO)[C@H]3O. The van der Waals surface area contributed by atoms with E-state index >= 15 is 0 Å². The van der Waals surface area contributed by atoms with Gasteiger partial charge < -0.3 is 14.9 Å². The zero-order chi connectivity index (χ0) is 17.6. The van der Waals surface area contributed by atoms with Gasteiger partial charge in [-0.3, -0.25) is 4.79 Å². The minimum Gasteiger partial charge on any atom is -0.396 e. The molecule has 6 aliphatic rings. The van der Waals surface area contributed by atoms with Crippen LogP contribution in [0.1, 0.15) is 45.4 Å². The van der Waals surface area contributed by atoms with Gasteiger partial charge in [0.15, 0.2) is 5.78 Å². The van der Waals surface area contributed by atoms with E-state index in [4.69, 9.17) is 4.74 Å². The van der Waals surface area contributed by atoms with Crippen molar-refractivity contribution >= 4 is 5.78 Å². The number of hydrogen-bond donors (Lipinski definition) is 2. The van der Waals surface area contributed by atoms with Crippen LogP contribution in [0.4, 0.5) is 0 Å². The highest BCUT2D eigenvalue weighted by Gasteiger charge is 2.74. The summed E-state index contributed by atoms with van der Waals surface area (Å²) in [6.07, 6.45) is 5.24. The van der Waals surface area contributed by atoms with E-state index in [2.05, 4.69) is 13.5 Å². The van der Waals surface area contributed by atoms with E-state index in [1.807, 2.05) is 0 Å². The quantitative estimate of drug-likeness (QED) is 0.715. The Bertz CT molecular complexity index is 630. The Hall–Kier alpha value is -0.710. The minimum absolute atomic E-state index is 0.00321. The van der Waals surface area contributed by atoms with Gasteiger partial charge in [-0.2, -0.15) is 0 Å². The van der Waals surface area contributed by atoms with Gasteiger partial charge in [-0.15, -0.1) is 0 Å². The van der Waals surface area contributed by atoms with Crippen molar-refractivity contribution in [1.82, 2.24) is 0 Å². The fourth-order valence-electron chi connectivity index (χ4n) is 8.34. The summed E-state index contributed by atoms with van der Waals surface area (Å²) >= 11 is 0. The zero-order valence-corrected chi connectivity index (χ0v) is 15.2. The van der Waals surface area contributed by atoms with Crippen molar-refractivity contribution in [1.29, 1.82) is 0 Å². The Kier molecular flexibility index (Phi) is 3.27. The number of ether oxygens (including phenoxy) is 1. The lowest BCUT2D eigenvalue weighted by Gasteiger charge is -2.72. The van der Waals surface area contributed by atoms with Gasteiger partial charge >= 0.3 is 0 Å². The summed E-state index contributed by atoms with van der Waals surface area (Å²) in [6, 6.07) is 0. The molecule has 0 aromatic rings. The fourth-order valence-corrected chi connectivity index (χ4v) is 8.34. The van der Waals surface area contributed by atoms with Crippen molar-refractivity contribution in [3.8, 4) is 0 Å². The second-order valence-corrected chi connectivity index (χ2v) is 9.92. The third-order valence-electron chi connectivity index (χ3n) is 9.08. The average Bonchev–Trinajstić information content (AvgIpc) is 2.59. The third kappa shape index (κ3) is 1.68. The molecular formula is C21H30O4. The first-order valence-electron chi connectivity index (χ1n) is 10.0. The number of aliphatic hydroxyl groups is 2. The largest absolute Gasteiger partial charge is 0.396 e. The molecule has 2 unspecified atom stereocenters. The number of allylic oxidation sites excluding steroid dienone is 1. The molecule has 0 amide bonds. The van der Waals surface area contributed by atoms with Crippen molar-refractivity contribution in [3.63, 3.8) is 0 Å². The Morgan fingerprint density at radius 3 is 2.84 bits per heavy atom. The summed E-state index contributed by atoms with van der Waals surface area (Å²) in [5.41, 5.74) is -0.0615. The van der Waals surface area contributed by atoms with Crippen LogP contribution in [0.3, 0.4) is 0 Å². The van der Waals surface area contributed by atoms with Gasteiger partial charge in [0.05, 0.1) is 24.7 Å². The molecule has 1 aliphatic heterocycles. The van der Waals surface area contributed by atoms with Gasteiger partial charge in [0.1, 0.15) is 0 Å². The number of Topliss-reactive ketones (excluding diaryl/α,β-unsaturated/α-hetero) is 1. The van der Waals surface area contributed by atoms with E-state index in [0.29, 0.717) is 13.2 Å². The second kappa shape index (κ2) is 4.96. The lowest BCUT2D eigenvalue weighted by molar-refractivity contribution is -0.294. The molecule has 2 N–H and O–H groups in total. The Morgan fingerprint density at radius 2 is 2.08 bits per heavy atom. The van der Waals surface area contributed by atoms with Crippen LogP contribution in [-0.4, -0.2) is 41.9 Å². The second-order valence-electron chi connectivity index (χ2n) is 9.92. The molecule has 6 fully saturated rings. The number of aliphatic hydroxyl groups excluding tert-OH is 2. The standard InChI is InChI=1S/C21H30O4/c1-12-13-4-7-21(17(12)23)15(8-13)20-6-3-5-19(2,10-25-11-20)16(20)14(9-22)18(21)24/h13-16,18,22,24H,1,3-11H2,2H3/t13-,14-,15?,16?,18+,19-,20+,21-/m0/s1. The Balaban J connectivity index is 1.72. The first kappa shape index (κ1) is 16.5. The maximum Gasteiger partial charge on any atom is 0.167 e. The van der Waals surface area contributed by atoms with Crippen molar-refractivity contribution < 1.29 is 19.7 Å². The number of hydrogen-bond acceptors (Lipinski definition) is 4. The molecule has 5 aliphatic carbocycles. The van der Waals surface area contributed by atoms with Crippen molar-refractivity contribution in [2.24, 2.45) is 39.9 Å². The molecule has 1 spiro atoms. The van der Waals surface area contributed by atoms with Crippen LogP contribution in [0.15, 0.2) is 12.2 Å². The minimum atomic E-state index is -0.748. The molecule has 0 aromatic carbocycles. The van der Waals surface area contributed by atoms with E-state index in [-0.39, 0.29) is 46.9 Å². The van der Waals surface area contributed by atoms with Crippen LogP contribution in [0.2, 0.25) is 0 Å². The smallest absolute Gasteiger partial charge is 0.167 e. The summed E-state index contributed by atoms with van der Waals surface area (Å²) in [7, 11) is 0. The Labute approximate surface area is 149 Å². The van der Waals surface area contributed by atoms with Gasteiger partial charge in [0.25, 0.3) is 0 Å². The highest BCUT2D eigenvalue weighted by Crippen LogP contribution is 2.73. The third-order valence-corrected chi connectivity index (χ3v) is 9.08. The topological polar surface area (TPSA) is 66.8 Å². The summed E-state index contributed by atoms with van der Waals surface area (Å²) in [6.45, 7) is 7.73. The van der Waals surface area contributed by atoms with Crippen molar-refractivity contribution in [2.75, 3.05) is 19.8 Å². The maximum atomic E-state index is 13.3. The molecule has 8 atom stereocenters. The molecular weight excluding hydrogens is 316 g/mol. The average molecular weight is 346 g/mol. The maximum absolute atomic E-state index is 13.3. The summed E-state index contributed by atoms with van der Waals surface area (Å²) in [5, 5.41) is 21.8. The number of ketones is 1. The summed E-state index contributed by atoms with van der Waals surface area (Å²) in [4.78, 5) is 13.3. The highest BCUT2D eigenvalue weighted by atomic mass is 16.5. The van der Waals surface area contributed by atoms with Gasteiger partial charge in [0.2, 0.25) is 0 Å². The van der Waals surface area contributed by atoms with Crippen LogP contribution in [-0.2, 0) is 9.53 Å². The number of carbonyl (C=O) groups excluding carboxylic acids is 1. The lowest BCUT2D eigenvalue weighted by Crippen LogP contribution is -2.74. The molecule has 5 saturated carbocycles. The van der Waals surface area contributed by atoms with E-state index in [0.717, 1.165) is 44.1 Å². The van der Waals surface area contributed by atoms with Gasteiger partial charge in [-0.25, -0.2) is 0 Å². The molecule has 4 nitrogen and oxygen atoms in total. The first-order valence-corrected chi connectivity index (χ1v) is 10.0. The van der Waals surface area contributed by atoms with Crippen molar-refractivity contribution in [2.45, 2.75) is 51.6 Å². The summed E-state index contributed by atoms with van der Waals surface area (Å²) in [5.74, 6) is 0.578. The van der Waals surface area contributed by atoms with Crippen LogP contribution in [0, 0.1) is 39.9 Å². The van der Waals surface area contributed by atoms with Crippen molar-refractivity contribution in [3.05, 3.63) is 12.2 Å². The van der Waals surface area contributed by atoms with Gasteiger partial charge in [-0.05, 0) is 60.8 Å². The van der Waals surface area contributed by atoms with E-state index in [9.17, 15) is 15.0 Å². The molecule has 0 radical (unpaired) electrons. The van der Waals surface area contributed by atoms with E-state index in [1.54, 1.807) is 0 Å². The van der Waals surface area contributed by atoms with Crippen LogP contribution in [0.5, 0.6) is 0 Å². The monoisotopic (exact) mass is 346 g/mol. The van der Waals surface area contributed by atoms with Crippen LogP contribution < -0.4 is 0 Å². The van der Waals surface area contributed by atoms with Gasteiger partial charge in [0, 0.05) is 17.9 Å². The molecule has 25 heavy (non-hydrogen) atoms. The molecule has 4 heteroatoms. The predicted molar refractivity (Wildman–Crippen MR) is 92.7 cm³/mol. The molecule has 1 heterocycles. The number of rotatable bonds is 1. The summed E-state index contributed by atoms with van der Waals surface area (Å²) < 4.78 is 6.15. The normalized spacial score (nSPS) is 57.2. The van der Waals surface area contributed by atoms with Crippen LogP contribution >= 0.6 is 0 Å². The van der Waals surface area contributed by atoms with Gasteiger partial charge in [-0.1, -0.05) is 19.9 Å². The zero-order valence-electron chi connectivity index (χ0n) is 15.2. The van der Waals surface area contributed by atoms with Crippen LogP contribution in [0.25, 0.3) is 0 Å². The lowest BCUT2D eigenvalue weighted by atomic mass is 9.33. The molecule has 0 aromatic heterocycles. The molecule has 6 rings (SSSR count). The predicted octanol–water partition coefficient (Wildman–Crippen LogP) is 2.33. The Morgan fingerprint density at radius 1 is 1.28 bits per heavy atom. The number of carbonyl (C=O) groups is 1. The molecule has 1 saturated heterocycles. The first-order chi connectivity index (χ1) is 11.9.